The largest absolute Gasteiger partial charge is 0.350 e. The van der Waals surface area contributed by atoms with Gasteiger partial charge in [0.15, 0.2) is 0 Å². The van der Waals surface area contributed by atoms with Crippen molar-refractivity contribution in [3.63, 3.8) is 0 Å². The number of hydrogen-bond donors (Lipinski definition) is 3. The maximum absolute atomic E-state index is 13.7. The van der Waals surface area contributed by atoms with Crippen LogP contribution in [0, 0.1) is 11.8 Å². The second-order valence-electron chi connectivity index (χ2n) is 14.0. The van der Waals surface area contributed by atoms with Gasteiger partial charge in [-0.15, -0.1) is 0 Å². The number of nitrogens with zero attached hydrogens (tertiary/aromatic N) is 4. The van der Waals surface area contributed by atoms with E-state index in [0.717, 1.165) is 68.8 Å². The van der Waals surface area contributed by atoms with Gasteiger partial charge in [-0.3, -0.25) is 28.8 Å². The van der Waals surface area contributed by atoms with Crippen molar-refractivity contribution in [3.05, 3.63) is 53.3 Å². The van der Waals surface area contributed by atoms with Gasteiger partial charge in [-0.1, -0.05) is 69.7 Å². The summed E-state index contributed by atoms with van der Waals surface area (Å²) in [6.45, 7) is 6.39. The molecule has 0 bridgehead atoms. The number of aryl methyl sites for hydroxylation is 1. The Balaban J connectivity index is 1.15. The zero-order valence-corrected chi connectivity index (χ0v) is 28.9. The van der Waals surface area contributed by atoms with Crippen molar-refractivity contribution < 1.29 is 19.2 Å². The molecule has 2 aromatic rings. The van der Waals surface area contributed by atoms with Crippen LogP contribution in [-0.2, 0) is 34.4 Å². The molecule has 5 rings (SSSR count). The number of nitrogens with one attached hydrogen (secondary N) is 3. The number of amides is 4. The second kappa shape index (κ2) is 17.6. The van der Waals surface area contributed by atoms with Gasteiger partial charge >= 0.3 is 0 Å². The molecule has 0 spiro atoms. The van der Waals surface area contributed by atoms with Crippen LogP contribution in [0.1, 0.15) is 99.2 Å². The maximum Gasteiger partial charge on any atom is 0.270 e. The minimum absolute atomic E-state index is 0.0209. The van der Waals surface area contributed by atoms with Crippen molar-refractivity contribution in [1.82, 2.24) is 35.5 Å². The molecule has 11 nitrogen and oxygen atoms in total. The lowest BCUT2D eigenvalue weighted by Crippen LogP contribution is -2.56. The molecule has 3 aliphatic rings. The van der Waals surface area contributed by atoms with E-state index in [4.69, 9.17) is 0 Å². The van der Waals surface area contributed by atoms with E-state index in [2.05, 4.69) is 25.9 Å². The Morgan fingerprint density at radius 3 is 2.10 bits per heavy atom. The molecule has 1 saturated heterocycles. The van der Waals surface area contributed by atoms with Crippen LogP contribution in [0.4, 0.5) is 0 Å². The smallest absolute Gasteiger partial charge is 0.270 e. The first-order chi connectivity index (χ1) is 23.3. The number of rotatable bonds is 13. The molecule has 1 aromatic heterocycles. The first-order valence-electron chi connectivity index (χ1n) is 18.3. The van der Waals surface area contributed by atoms with Crippen LogP contribution in [0.25, 0.3) is 0 Å². The number of hydrogen-bond acceptors (Lipinski definition) is 6. The van der Waals surface area contributed by atoms with E-state index in [9.17, 15) is 19.2 Å². The van der Waals surface area contributed by atoms with Crippen LogP contribution in [0.2, 0.25) is 0 Å². The van der Waals surface area contributed by atoms with Gasteiger partial charge in [0.25, 0.3) is 5.91 Å². The highest BCUT2D eigenvalue weighted by molar-refractivity contribution is 5.96. The van der Waals surface area contributed by atoms with Crippen molar-refractivity contribution >= 4 is 23.6 Å². The molecule has 2 aliphatic carbocycles. The monoisotopic (exact) mass is 661 g/mol. The number of aromatic nitrogens is 2. The van der Waals surface area contributed by atoms with E-state index in [-0.39, 0.29) is 29.5 Å². The van der Waals surface area contributed by atoms with E-state index >= 15 is 0 Å². The predicted octanol–water partition coefficient (Wildman–Crippen LogP) is 3.58. The number of carbonyl (C=O) groups excluding carboxylic acids is 4. The predicted molar refractivity (Wildman–Crippen MR) is 185 cm³/mol. The van der Waals surface area contributed by atoms with Crippen molar-refractivity contribution in [1.29, 1.82) is 0 Å². The molecule has 2 heterocycles. The zero-order chi connectivity index (χ0) is 33.9. The summed E-state index contributed by atoms with van der Waals surface area (Å²) in [7, 11) is 1.71. The topological polar surface area (TPSA) is 129 Å². The van der Waals surface area contributed by atoms with E-state index in [1.54, 1.807) is 26.2 Å². The summed E-state index contributed by atoms with van der Waals surface area (Å²) in [6, 6.07) is 8.24. The van der Waals surface area contributed by atoms with Gasteiger partial charge in [0.05, 0.1) is 0 Å². The van der Waals surface area contributed by atoms with Gasteiger partial charge in [-0.25, -0.2) is 0 Å². The minimum Gasteiger partial charge on any atom is -0.350 e. The van der Waals surface area contributed by atoms with E-state index in [1.807, 2.05) is 29.2 Å². The van der Waals surface area contributed by atoms with Gasteiger partial charge in [0.2, 0.25) is 17.7 Å². The van der Waals surface area contributed by atoms with Crippen molar-refractivity contribution in [2.45, 2.75) is 103 Å². The van der Waals surface area contributed by atoms with Crippen LogP contribution in [-0.4, -0.2) is 88.0 Å². The summed E-state index contributed by atoms with van der Waals surface area (Å²) in [4.78, 5) is 57.0. The molecule has 3 N–H and O–H groups in total. The fourth-order valence-electron chi connectivity index (χ4n) is 7.61. The Morgan fingerprint density at radius 1 is 0.833 bits per heavy atom. The molecule has 3 fully saturated rings. The van der Waals surface area contributed by atoms with Crippen LogP contribution < -0.4 is 16.0 Å². The van der Waals surface area contributed by atoms with Crippen LogP contribution in [0.3, 0.4) is 0 Å². The molecule has 1 aliphatic heterocycles. The van der Waals surface area contributed by atoms with Crippen molar-refractivity contribution in [2.75, 3.05) is 32.7 Å². The Labute approximate surface area is 285 Å². The standard InChI is InChI=1S/C37H55N7O4/c1-3-33(45)40-31(37(48)44-22-20-43(21-23-44)26-29-10-6-4-7-11-29)24-27-14-16-28(17-15-27)25-38-36(47)34(30-12-8-5-9-13-30)41-35(46)32-18-19-39-42(32)2/h14-19,29-31,34H,3-13,20-26H2,1-2H3,(H,38,47)(H,40,45)(H,41,46)/t31-,34+/m1/s1. The van der Waals surface area contributed by atoms with Crippen molar-refractivity contribution in [2.24, 2.45) is 18.9 Å². The normalized spacial score (nSPS) is 19.3. The first-order valence-corrected chi connectivity index (χ1v) is 18.3. The minimum atomic E-state index is -0.618. The molecule has 262 valence electrons. The third kappa shape index (κ3) is 9.90. The lowest BCUT2D eigenvalue weighted by molar-refractivity contribution is -0.138. The summed E-state index contributed by atoms with van der Waals surface area (Å²) in [5.41, 5.74) is 2.28. The third-order valence-corrected chi connectivity index (χ3v) is 10.6. The van der Waals surface area contributed by atoms with E-state index in [1.165, 1.54) is 36.8 Å². The van der Waals surface area contributed by atoms with Gasteiger partial charge in [-0.2, -0.15) is 5.10 Å². The van der Waals surface area contributed by atoms with Gasteiger partial charge in [0.1, 0.15) is 17.8 Å². The lowest BCUT2D eigenvalue weighted by Gasteiger charge is -2.38. The molecule has 1 aromatic carbocycles. The van der Waals surface area contributed by atoms with E-state index < -0.39 is 12.1 Å². The first kappa shape index (κ1) is 35.6. The highest BCUT2D eigenvalue weighted by atomic mass is 16.2. The Kier molecular flexibility index (Phi) is 13.0. The molecule has 0 radical (unpaired) electrons. The highest BCUT2D eigenvalue weighted by Gasteiger charge is 2.32. The van der Waals surface area contributed by atoms with Gasteiger partial charge in [-0.05, 0) is 54.7 Å². The highest BCUT2D eigenvalue weighted by Crippen LogP contribution is 2.27. The number of benzene rings is 1. The molecular formula is C37H55N7O4. The Bertz CT molecular complexity index is 1360. The number of carbonyl (C=O) groups is 4. The van der Waals surface area contributed by atoms with Gasteiger partial charge < -0.3 is 20.9 Å². The van der Waals surface area contributed by atoms with Gasteiger partial charge in [0, 0.05) is 65.4 Å². The molecule has 2 atom stereocenters. The summed E-state index contributed by atoms with van der Waals surface area (Å²) < 4.78 is 1.51. The molecule has 0 unspecified atom stereocenters. The average Bonchev–Trinajstić information content (AvgIpc) is 3.56. The number of piperazine rings is 1. The summed E-state index contributed by atoms with van der Waals surface area (Å²) in [5.74, 6) is 0.231. The SMILES string of the molecule is CCC(=O)N[C@H](Cc1ccc(CNC(=O)[C@@H](NC(=O)c2ccnn2C)C2CCCCC2)cc1)C(=O)N1CCN(CC2CCCCC2)CC1. The van der Waals surface area contributed by atoms with Crippen LogP contribution >= 0.6 is 0 Å². The molecule has 48 heavy (non-hydrogen) atoms. The molecule has 11 heteroatoms. The average molecular weight is 662 g/mol. The van der Waals surface area contributed by atoms with Crippen molar-refractivity contribution in [3.8, 4) is 0 Å². The molecular weight excluding hydrogens is 606 g/mol. The Morgan fingerprint density at radius 2 is 1.48 bits per heavy atom. The molecule has 2 saturated carbocycles. The third-order valence-electron chi connectivity index (χ3n) is 10.6. The van der Waals surface area contributed by atoms with E-state index in [0.29, 0.717) is 38.2 Å². The van der Waals surface area contributed by atoms with Crippen LogP contribution in [0.5, 0.6) is 0 Å². The fourth-order valence-corrected chi connectivity index (χ4v) is 7.61. The second-order valence-corrected chi connectivity index (χ2v) is 14.0. The lowest BCUT2D eigenvalue weighted by atomic mass is 9.83. The quantitative estimate of drug-likeness (QED) is 0.301. The van der Waals surface area contributed by atoms with Crippen LogP contribution in [0.15, 0.2) is 36.5 Å². The Hall–Kier alpha value is -3.73. The maximum atomic E-state index is 13.7. The summed E-state index contributed by atoms with van der Waals surface area (Å²) >= 11 is 0. The fraction of sp³-hybridized carbons (Fsp3) is 0.649. The molecule has 4 amide bonds. The summed E-state index contributed by atoms with van der Waals surface area (Å²) in [6.07, 6.45) is 14.0. The summed E-state index contributed by atoms with van der Waals surface area (Å²) in [5, 5.41) is 13.1. The zero-order valence-electron chi connectivity index (χ0n) is 28.9.